The molecule has 0 saturated carbocycles. The lowest BCUT2D eigenvalue weighted by Crippen LogP contribution is -2.24. The lowest BCUT2D eigenvalue weighted by molar-refractivity contribution is -0.124. The van der Waals surface area contributed by atoms with Crippen LogP contribution in [0.5, 0.6) is 5.75 Å². The van der Waals surface area contributed by atoms with E-state index in [9.17, 15) is 9.90 Å². The first-order chi connectivity index (χ1) is 11.4. The van der Waals surface area contributed by atoms with Gasteiger partial charge in [0.1, 0.15) is 5.75 Å². The van der Waals surface area contributed by atoms with Crippen LogP contribution in [0.4, 0.5) is 0 Å². The zero-order chi connectivity index (χ0) is 19.0. The summed E-state index contributed by atoms with van der Waals surface area (Å²) in [6.45, 7) is 16.8. The maximum Gasteiger partial charge on any atom is 0.261 e. The first kappa shape index (κ1) is 19.6. The summed E-state index contributed by atoms with van der Waals surface area (Å²) < 4.78 is 0. The van der Waals surface area contributed by atoms with Gasteiger partial charge in [-0.3, -0.25) is 4.79 Å². The molecule has 0 spiro atoms. The van der Waals surface area contributed by atoms with Gasteiger partial charge in [0, 0.05) is 17.7 Å². The molecule has 1 heterocycles. The molecule has 0 aliphatic carbocycles. The zero-order valence-corrected chi connectivity index (χ0v) is 17.0. The van der Waals surface area contributed by atoms with Gasteiger partial charge < -0.3 is 10.0 Å². The van der Waals surface area contributed by atoms with E-state index < -0.39 is 0 Å². The zero-order valence-electron chi connectivity index (χ0n) is 16.1. The number of aromatic hydroxyl groups is 1. The lowest BCUT2D eigenvalue weighted by Gasteiger charge is -2.28. The average molecular weight is 360 g/mol. The van der Waals surface area contributed by atoms with Gasteiger partial charge in [0.25, 0.3) is 5.91 Å². The van der Waals surface area contributed by atoms with Gasteiger partial charge in [0.2, 0.25) is 0 Å². The number of hydrogen-bond donors (Lipinski definition) is 1. The van der Waals surface area contributed by atoms with Crippen molar-refractivity contribution in [2.75, 3.05) is 12.4 Å². The fraction of sp³-hybridized carbons (Fsp3) is 0.476. The van der Waals surface area contributed by atoms with Crippen LogP contribution in [0.3, 0.4) is 0 Å². The SMILES string of the molecule is C=CCN1CS/C(=C\c2cc(C(C)(C)C)c(O)c(C(C)(C)C)c2)C1=O. The van der Waals surface area contributed by atoms with E-state index in [0.29, 0.717) is 18.2 Å². The summed E-state index contributed by atoms with van der Waals surface area (Å²) in [6.07, 6.45) is 3.69. The van der Waals surface area contributed by atoms with Gasteiger partial charge in [-0.15, -0.1) is 6.58 Å². The summed E-state index contributed by atoms with van der Waals surface area (Å²) in [5.74, 6) is 1.07. The van der Waals surface area contributed by atoms with Crippen molar-refractivity contribution >= 4 is 23.7 Å². The van der Waals surface area contributed by atoms with E-state index in [-0.39, 0.29) is 16.7 Å². The minimum Gasteiger partial charge on any atom is -0.507 e. The third-order valence-electron chi connectivity index (χ3n) is 4.27. The Morgan fingerprint density at radius 2 is 1.68 bits per heavy atom. The second kappa shape index (κ2) is 6.91. The first-order valence-electron chi connectivity index (χ1n) is 8.58. The van der Waals surface area contributed by atoms with Gasteiger partial charge in [0.05, 0.1) is 10.8 Å². The fourth-order valence-electron chi connectivity index (χ4n) is 2.85. The molecule has 0 aromatic heterocycles. The highest BCUT2D eigenvalue weighted by atomic mass is 32.2. The van der Waals surface area contributed by atoms with E-state index in [4.69, 9.17) is 0 Å². The van der Waals surface area contributed by atoms with Gasteiger partial charge in [-0.1, -0.05) is 59.4 Å². The van der Waals surface area contributed by atoms with E-state index in [2.05, 4.69) is 48.1 Å². The number of amides is 1. The van der Waals surface area contributed by atoms with E-state index >= 15 is 0 Å². The number of carbonyl (C=O) groups is 1. The Labute approximate surface area is 155 Å². The molecule has 1 N–H and O–H groups in total. The van der Waals surface area contributed by atoms with Crippen LogP contribution in [0.2, 0.25) is 0 Å². The number of phenolic OH excluding ortho intramolecular Hbond substituents is 1. The standard InChI is InChI=1S/C21H29NO2S/c1-8-9-22-13-25-17(19(22)24)12-14-10-15(20(2,3)4)18(23)16(11-14)21(5,6)7/h8,10-12,23H,1,9,13H2,2-7H3/b17-12-. The van der Waals surface area contributed by atoms with Crippen LogP contribution in [0.1, 0.15) is 58.2 Å². The molecule has 1 aliphatic heterocycles. The number of hydrogen-bond acceptors (Lipinski definition) is 3. The fourth-order valence-corrected chi connectivity index (χ4v) is 3.84. The topological polar surface area (TPSA) is 40.5 Å². The van der Waals surface area contributed by atoms with Crippen molar-refractivity contribution in [1.82, 2.24) is 4.90 Å². The van der Waals surface area contributed by atoms with Gasteiger partial charge in [-0.2, -0.15) is 0 Å². The normalized spacial score (nSPS) is 17.4. The number of thioether (sulfide) groups is 1. The summed E-state index contributed by atoms with van der Waals surface area (Å²) >= 11 is 1.55. The molecule has 0 unspecified atom stereocenters. The third kappa shape index (κ3) is 4.30. The number of phenols is 1. The minimum absolute atomic E-state index is 0.0487. The second-order valence-corrected chi connectivity index (χ2v) is 9.55. The molecule has 1 amide bonds. The van der Waals surface area contributed by atoms with Crippen molar-refractivity contribution in [2.45, 2.75) is 52.4 Å². The minimum atomic E-state index is -0.180. The molecule has 1 fully saturated rings. The molecule has 0 radical (unpaired) electrons. The molecule has 1 aromatic carbocycles. The second-order valence-electron chi connectivity index (χ2n) is 8.56. The molecule has 4 heteroatoms. The van der Waals surface area contributed by atoms with Crippen molar-refractivity contribution in [3.63, 3.8) is 0 Å². The molecule has 0 atom stereocenters. The van der Waals surface area contributed by atoms with Crippen molar-refractivity contribution in [3.05, 3.63) is 46.4 Å². The highest BCUT2D eigenvalue weighted by molar-refractivity contribution is 8.04. The Kier molecular flexibility index (Phi) is 5.43. The van der Waals surface area contributed by atoms with Crippen LogP contribution < -0.4 is 0 Å². The summed E-state index contributed by atoms with van der Waals surface area (Å²) in [7, 11) is 0. The van der Waals surface area contributed by atoms with E-state index in [1.54, 1.807) is 22.7 Å². The number of benzene rings is 1. The number of rotatable bonds is 3. The molecule has 1 saturated heterocycles. The summed E-state index contributed by atoms with van der Waals surface area (Å²) in [4.78, 5) is 15.0. The quantitative estimate of drug-likeness (QED) is 0.607. The molecule has 2 rings (SSSR count). The molecule has 3 nitrogen and oxygen atoms in total. The molecule has 1 aliphatic rings. The predicted molar refractivity (Wildman–Crippen MR) is 108 cm³/mol. The summed E-state index contributed by atoms with van der Waals surface area (Å²) in [5, 5.41) is 10.8. The van der Waals surface area contributed by atoms with Crippen molar-refractivity contribution < 1.29 is 9.90 Å². The molecule has 25 heavy (non-hydrogen) atoms. The maximum absolute atomic E-state index is 12.5. The van der Waals surface area contributed by atoms with Crippen LogP contribution >= 0.6 is 11.8 Å². The Morgan fingerprint density at radius 3 is 2.12 bits per heavy atom. The van der Waals surface area contributed by atoms with Crippen molar-refractivity contribution in [2.24, 2.45) is 0 Å². The highest BCUT2D eigenvalue weighted by Crippen LogP contribution is 2.41. The van der Waals surface area contributed by atoms with E-state index in [1.807, 2.05) is 18.2 Å². The number of carbonyl (C=O) groups excluding carboxylic acids is 1. The van der Waals surface area contributed by atoms with Crippen LogP contribution in [0.25, 0.3) is 6.08 Å². The highest BCUT2D eigenvalue weighted by Gasteiger charge is 2.28. The summed E-state index contributed by atoms with van der Waals surface area (Å²) in [6, 6.07) is 4.00. The largest absolute Gasteiger partial charge is 0.507 e. The predicted octanol–water partition coefficient (Wildman–Crippen LogP) is 5.05. The van der Waals surface area contributed by atoms with E-state index in [1.165, 1.54) is 0 Å². The van der Waals surface area contributed by atoms with Crippen LogP contribution in [0.15, 0.2) is 29.7 Å². The molecule has 136 valence electrons. The Morgan fingerprint density at radius 1 is 1.16 bits per heavy atom. The first-order valence-corrected chi connectivity index (χ1v) is 9.56. The molecular weight excluding hydrogens is 330 g/mol. The van der Waals surface area contributed by atoms with Crippen LogP contribution in [0, 0.1) is 0 Å². The van der Waals surface area contributed by atoms with E-state index in [0.717, 1.165) is 21.6 Å². The van der Waals surface area contributed by atoms with Crippen molar-refractivity contribution in [1.29, 1.82) is 0 Å². The average Bonchev–Trinajstić information content (AvgIpc) is 2.80. The molecular formula is C21H29NO2S. The smallest absolute Gasteiger partial charge is 0.261 e. The molecule has 0 bridgehead atoms. The monoisotopic (exact) mass is 359 g/mol. The van der Waals surface area contributed by atoms with Gasteiger partial charge in [-0.25, -0.2) is 0 Å². The van der Waals surface area contributed by atoms with Crippen LogP contribution in [-0.4, -0.2) is 28.3 Å². The lowest BCUT2D eigenvalue weighted by atomic mass is 9.78. The Bertz CT molecular complexity index is 685. The third-order valence-corrected chi connectivity index (χ3v) is 5.31. The Balaban J connectivity index is 2.54. The van der Waals surface area contributed by atoms with Gasteiger partial charge in [0.15, 0.2) is 0 Å². The van der Waals surface area contributed by atoms with Gasteiger partial charge >= 0.3 is 0 Å². The maximum atomic E-state index is 12.5. The molecule has 1 aromatic rings. The van der Waals surface area contributed by atoms with Crippen molar-refractivity contribution in [3.8, 4) is 5.75 Å². The van der Waals surface area contributed by atoms with Crippen LogP contribution in [-0.2, 0) is 15.6 Å². The Hall–Kier alpha value is -1.68. The summed E-state index contributed by atoms with van der Waals surface area (Å²) in [5.41, 5.74) is 2.42. The van der Waals surface area contributed by atoms with Gasteiger partial charge in [-0.05, 0) is 34.6 Å². The number of nitrogens with zero attached hydrogens (tertiary/aromatic N) is 1.